The van der Waals surface area contributed by atoms with Crippen LogP contribution in [0.15, 0.2) is 12.1 Å². The second-order valence-corrected chi connectivity index (χ2v) is 3.87. The number of hydrogen-bond acceptors (Lipinski definition) is 2. The fraction of sp³-hybridized carbons (Fsp3) is 0.364. The normalized spacial score (nSPS) is 11.5. The molecule has 1 aromatic carbocycles. The first-order valence-corrected chi connectivity index (χ1v) is 4.34. The van der Waals surface area contributed by atoms with E-state index in [1.54, 1.807) is 20.8 Å². The molecule has 76 valence electrons. The molecule has 1 N–H and O–H groups in total. The first-order chi connectivity index (χ1) is 6.36. The fourth-order valence-corrected chi connectivity index (χ4v) is 1.32. The summed E-state index contributed by atoms with van der Waals surface area (Å²) < 4.78 is 13.1. The lowest BCUT2D eigenvalue weighted by Gasteiger charge is -2.20. The minimum atomic E-state index is -1.13. The fourth-order valence-electron chi connectivity index (χ4n) is 1.32. The standard InChI is InChI=1S/C11H13FO2/c1-7-4-9(11(2,3)14)8(6-13)5-10(7)12/h4-6,14H,1-3H3. The van der Waals surface area contributed by atoms with Crippen molar-refractivity contribution in [1.29, 1.82) is 0 Å². The third-order valence-corrected chi connectivity index (χ3v) is 2.12. The summed E-state index contributed by atoms with van der Waals surface area (Å²) in [6, 6.07) is 2.65. The molecule has 0 saturated carbocycles. The minimum Gasteiger partial charge on any atom is -0.386 e. The number of rotatable bonds is 2. The van der Waals surface area contributed by atoms with Crippen LogP contribution in [-0.2, 0) is 5.60 Å². The van der Waals surface area contributed by atoms with E-state index in [4.69, 9.17) is 0 Å². The number of aldehydes is 1. The molecule has 0 aliphatic heterocycles. The highest BCUT2D eigenvalue weighted by Gasteiger charge is 2.21. The topological polar surface area (TPSA) is 37.3 Å². The Morgan fingerprint density at radius 2 is 2.00 bits per heavy atom. The van der Waals surface area contributed by atoms with E-state index in [1.165, 1.54) is 6.07 Å². The molecule has 0 aromatic heterocycles. The molecule has 0 fully saturated rings. The Bertz CT molecular complexity index is 364. The van der Waals surface area contributed by atoms with E-state index in [2.05, 4.69) is 0 Å². The highest BCUT2D eigenvalue weighted by atomic mass is 19.1. The largest absolute Gasteiger partial charge is 0.386 e. The van der Waals surface area contributed by atoms with E-state index in [9.17, 15) is 14.3 Å². The first kappa shape index (κ1) is 10.9. The van der Waals surface area contributed by atoms with Crippen molar-refractivity contribution >= 4 is 6.29 Å². The Labute approximate surface area is 82.4 Å². The van der Waals surface area contributed by atoms with E-state index in [0.29, 0.717) is 17.4 Å². The lowest BCUT2D eigenvalue weighted by atomic mass is 9.92. The molecule has 0 aliphatic rings. The van der Waals surface area contributed by atoms with Gasteiger partial charge in [-0.3, -0.25) is 4.79 Å². The summed E-state index contributed by atoms with van der Waals surface area (Å²) in [6.45, 7) is 4.72. The summed E-state index contributed by atoms with van der Waals surface area (Å²) in [7, 11) is 0. The van der Waals surface area contributed by atoms with Gasteiger partial charge in [-0.15, -0.1) is 0 Å². The number of hydrogen-bond donors (Lipinski definition) is 1. The van der Waals surface area contributed by atoms with Crippen LogP contribution in [0.25, 0.3) is 0 Å². The zero-order valence-corrected chi connectivity index (χ0v) is 8.47. The molecule has 0 atom stereocenters. The third-order valence-electron chi connectivity index (χ3n) is 2.12. The maximum Gasteiger partial charge on any atom is 0.150 e. The SMILES string of the molecule is Cc1cc(C(C)(C)O)c(C=O)cc1F. The van der Waals surface area contributed by atoms with E-state index in [-0.39, 0.29) is 5.56 Å². The Kier molecular flexibility index (Phi) is 2.71. The van der Waals surface area contributed by atoms with Crippen molar-refractivity contribution in [2.75, 3.05) is 0 Å². The summed E-state index contributed by atoms with van der Waals surface area (Å²) in [5.41, 5.74) is -0.0611. The average molecular weight is 196 g/mol. The van der Waals surface area contributed by atoms with Crippen LogP contribution < -0.4 is 0 Å². The van der Waals surface area contributed by atoms with Crippen LogP contribution >= 0.6 is 0 Å². The van der Waals surface area contributed by atoms with Gasteiger partial charge in [0.1, 0.15) is 5.82 Å². The van der Waals surface area contributed by atoms with Crippen LogP contribution in [0.3, 0.4) is 0 Å². The van der Waals surface area contributed by atoms with Gasteiger partial charge in [-0.05, 0) is 44.0 Å². The molecule has 0 bridgehead atoms. The van der Waals surface area contributed by atoms with Gasteiger partial charge in [0.05, 0.1) is 5.60 Å². The second kappa shape index (κ2) is 3.50. The Morgan fingerprint density at radius 1 is 1.43 bits per heavy atom. The van der Waals surface area contributed by atoms with Crippen molar-refractivity contribution in [1.82, 2.24) is 0 Å². The molecule has 2 nitrogen and oxygen atoms in total. The van der Waals surface area contributed by atoms with E-state index < -0.39 is 11.4 Å². The number of carbonyl (C=O) groups is 1. The predicted molar refractivity (Wildman–Crippen MR) is 51.8 cm³/mol. The van der Waals surface area contributed by atoms with Crippen LogP contribution in [0.5, 0.6) is 0 Å². The summed E-state index contributed by atoms with van der Waals surface area (Å²) in [5.74, 6) is -0.430. The molecule has 0 amide bonds. The van der Waals surface area contributed by atoms with Gasteiger partial charge in [0.25, 0.3) is 0 Å². The summed E-state index contributed by atoms with van der Waals surface area (Å²) in [6.07, 6.45) is 0.551. The highest BCUT2D eigenvalue weighted by molar-refractivity contribution is 5.78. The number of benzene rings is 1. The maximum atomic E-state index is 13.1. The third kappa shape index (κ3) is 1.99. The lowest BCUT2D eigenvalue weighted by Crippen LogP contribution is -2.18. The van der Waals surface area contributed by atoms with Crippen molar-refractivity contribution in [3.05, 3.63) is 34.6 Å². The van der Waals surface area contributed by atoms with Gasteiger partial charge in [0.2, 0.25) is 0 Å². The van der Waals surface area contributed by atoms with Gasteiger partial charge in [-0.1, -0.05) is 0 Å². The van der Waals surface area contributed by atoms with Crippen LogP contribution in [0.2, 0.25) is 0 Å². The molecule has 0 heterocycles. The van der Waals surface area contributed by atoms with Gasteiger partial charge >= 0.3 is 0 Å². The van der Waals surface area contributed by atoms with Crippen LogP contribution in [0.1, 0.15) is 35.3 Å². The number of aryl methyl sites for hydroxylation is 1. The van der Waals surface area contributed by atoms with Crippen molar-refractivity contribution in [2.45, 2.75) is 26.4 Å². The molecule has 0 radical (unpaired) electrons. The molecule has 0 aliphatic carbocycles. The highest BCUT2D eigenvalue weighted by Crippen LogP contribution is 2.25. The number of carbonyl (C=O) groups excluding carboxylic acids is 1. The molecule has 14 heavy (non-hydrogen) atoms. The molecule has 0 spiro atoms. The quantitative estimate of drug-likeness (QED) is 0.736. The monoisotopic (exact) mass is 196 g/mol. The van der Waals surface area contributed by atoms with E-state index in [0.717, 1.165) is 6.07 Å². The van der Waals surface area contributed by atoms with Gasteiger partial charge in [0, 0.05) is 5.56 Å². The lowest BCUT2D eigenvalue weighted by molar-refractivity contribution is 0.0766. The molecule has 0 saturated heterocycles. The molecule has 3 heteroatoms. The minimum absolute atomic E-state index is 0.195. The van der Waals surface area contributed by atoms with Crippen molar-refractivity contribution < 1.29 is 14.3 Å². The second-order valence-electron chi connectivity index (χ2n) is 3.87. The van der Waals surface area contributed by atoms with E-state index >= 15 is 0 Å². The number of aliphatic hydroxyl groups is 1. The van der Waals surface area contributed by atoms with Gasteiger partial charge < -0.3 is 5.11 Å². The first-order valence-electron chi connectivity index (χ1n) is 4.34. The van der Waals surface area contributed by atoms with Crippen molar-refractivity contribution in [2.24, 2.45) is 0 Å². The Hall–Kier alpha value is -1.22. The van der Waals surface area contributed by atoms with Gasteiger partial charge in [-0.25, -0.2) is 4.39 Å². The van der Waals surface area contributed by atoms with Crippen LogP contribution in [-0.4, -0.2) is 11.4 Å². The van der Waals surface area contributed by atoms with E-state index in [1.807, 2.05) is 0 Å². The molecule has 1 rings (SSSR count). The predicted octanol–water partition coefficient (Wildman–Crippen LogP) is 2.17. The molecule has 1 aromatic rings. The molecular weight excluding hydrogens is 183 g/mol. The van der Waals surface area contributed by atoms with Gasteiger partial charge in [0.15, 0.2) is 6.29 Å². The summed E-state index contributed by atoms with van der Waals surface area (Å²) in [4.78, 5) is 10.7. The average Bonchev–Trinajstić information content (AvgIpc) is 2.07. The summed E-state index contributed by atoms with van der Waals surface area (Å²) in [5, 5.41) is 9.73. The van der Waals surface area contributed by atoms with Crippen LogP contribution in [0, 0.1) is 12.7 Å². The zero-order chi connectivity index (χ0) is 10.9. The Morgan fingerprint density at radius 3 is 2.43 bits per heavy atom. The molecule has 0 unspecified atom stereocenters. The van der Waals surface area contributed by atoms with Crippen molar-refractivity contribution in [3.8, 4) is 0 Å². The van der Waals surface area contributed by atoms with Gasteiger partial charge in [-0.2, -0.15) is 0 Å². The molecular formula is C11H13FO2. The van der Waals surface area contributed by atoms with Crippen LogP contribution in [0.4, 0.5) is 4.39 Å². The Balaban J connectivity index is 3.42. The maximum absolute atomic E-state index is 13.1. The zero-order valence-electron chi connectivity index (χ0n) is 8.47. The smallest absolute Gasteiger partial charge is 0.150 e. The summed E-state index contributed by atoms with van der Waals surface area (Å²) >= 11 is 0. The number of halogens is 1. The van der Waals surface area contributed by atoms with Crippen molar-refractivity contribution in [3.63, 3.8) is 0 Å².